The Kier molecular flexibility index (Phi) is 11.7. The summed E-state index contributed by atoms with van der Waals surface area (Å²) in [6.07, 6.45) is -1.19. The molecule has 0 saturated carbocycles. The van der Waals surface area contributed by atoms with Crippen LogP contribution >= 0.6 is 0 Å². The second-order valence-corrected chi connectivity index (χ2v) is 15.5. The number of benzene rings is 1. The molecule has 16 nitrogen and oxygen atoms in total. The van der Waals surface area contributed by atoms with Crippen LogP contribution in [0.5, 0.6) is 11.5 Å². The van der Waals surface area contributed by atoms with Gasteiger partial charge in [-0.3, -0.25) is 9.59 Å². The van der Waals surface area contributed by atoms with Gasteiger partial charge in [-0.15, -0.1) is 8.78 Å². The average Bonchev–Trinajstić information content (AvgIpc) is 4.00. The predicted molar refractivity (Wildman–Crippen MR) is 200 cm³/mol. The molecule has 3 aliphatic heterocycles. The first-order chi connectivity index (χ1) is 27.0. The SMILES string of the molecule is COC(=O)NC(C(=O)N1CC(C)CC1c1ncc(C#Cc2ccc(-c3cnc(C4CC(C)CN4C(=O)C(NC(=O)OC)C(C)C)[nH]3)c3c2OC(F)(F)O3)[nH]1)C(C)C. The number of H-pyrrole nitrogens is 2. The number of methoxy groups -OCH3 is 2. The third-order valence-electron chi connectivity index (χ3n) is 10.4. The molecule has 0 radical (unpaired) electrons. The molecule has 4 amide bonds. The number of carbonyl (C=O) groups excluding carboxylic acids is 4. The number of likely N-dealkylation sites (tertiary alicyclic amines) is 2. The van der Waals surface area contributed by atoms with Crippen molar-refractivity contribution in [1.29, 1.82) is 0 Å². The van der Waals surface area contributed by atoms with Gasteiger partial charge in [-0.1, -0.05) is 47.5 Å². The van der Waals surface area contributed by atoms with Crippen LogP contribution in [-0.2, 0) is 19.1 Å². The van der Waals surface area contributed by atoms with Crippen molar-refractivity contribution in [3.8, 4) is 34.6 Å². The second kappa shape index (κ2) is 16.3. The maximum atomic E-state index is 14.7. The highest BCUT2D eigenvalue weighted by Crippen LogP contribution is 2.49. The minimum atomic E-state index is -3.97. The van der Waals surface area contributed by atoms with Gasteiger partial charge in [-0.25, -0.2) is 19.6 Å². The first kappa shape index (κ1) is 40.8. The fourth-order valence-electron chi connectivity index (χ4n) is 7.53. The lowest BCUT2D eigenvalue weighted by atomic mass is 10.0. The summed E-state index contributed by atoms with van der Waals surface area (Å²) in [7, 11) is 2.47. The first-order valence-corrected chi connectivity index (χ1v) is 18.8. The van der Waals surface area contributed by atoms with Gasteiger partial charge >= 0.3 is 18.5 Å². The van der Waals surface area contributed by atoms with E-state index in [0.29, 0.717) is 49.0 Å². The van der Waals surface area contributed by atoms with Gasteiger partial charge in [0.1, 0.15) is 29.4 Å². The number of aromatic amines is 2. The zero-order valence-electron chi connectivity index (χ0n) is 33.1. The summed E-state index contributed by atoms with van der Waals surface area (Å²) in [4.78, 5) is 70.1. The van der Waals surface area contributed by atoms with Crippen molar-refractivity contribution >= 4 is 24.0 Å². The lowest BCUT2D eigenvalue weighted by Gasteiger charge is -2.30. The Morgan fingerprint density at radius 3 is 1.84 bits per heavy atom. The van der Waals surface area contributed by atoms with Crippen LogP contribution in [0.15, 0.2) is 24.5 Å². The van der Waals surface area contributed by atoms with E-state index < -0.39 is 42.6 Å². The molecule has 2 fully saturated rings. The van der Waals surface area contributed by atoms with Crippen molar-refractivity contribution in [2.24, 2.45) is 23.7 Å². The Morgan fingerprint density at radius 2 is 1.32 bits per heavy atom. The normalized spacial score (nSPS) is 21.9. The highest BCUT2D eigenvalue weighted by molar-refractivity contribution is 5.87. The second-order valence-electron chi connectivity index (χ2n) is 15.5. The summed E-state index contributed by atoms with van der Waals surface area (Å²) in [5.41, 5.74) is 1.10. The summed E-state index contributed by atoms with van der Waals surface area (Å²) < 4.78 is 48.8. The van der Waals surface area contributed by atoms with E-state index in [-0.39, 0.29) is 58.1 Å². The smallest absolute Gasteiger partial charge is 0.453 e. The Hall–Kier alpha value is -5.86. The van der Waals surface area contributed by atoms with E-state index in [4.69, 9.17) is 18.9 Å². The molecule has 18 heteroatoms. The number of nitrogens with zero attached hydrogens (tertiary/aromatic N) is 4. The number of alkyl carbamates (subject to hydrolysis) is 2. The molecule has 6 rings (SSSR count). The number of rotatable bonds is 9. The summed E-state index contributed by atoms with van der Waals surface area (Å²) in [5.74, 6) is 5.55. The highest BCUT2D eigenvalue weighted by atomic mass is 19.3. The number of aromatic nitrogens is 4. The van der Waals surface area contributed by atoms with Crippen molar-refractivity contribution in [1.82, 2.24) is 40.4 Å². The Bertz CT molecular complexity index is 2070. The van der Waals surface area contributed by atoms with Crippen LogP contribution in [0.1, 0.15) is 89.4 Å². The van der Waals surface area contributed by atoms with Gasteiger partial charge in [0.05, 0.1) is 50.0 Å². The summed E-state index contributed by atoms with van der Waals surface area (Å²) in [6, 6.07) is 0.583. The molecule has 3 aliphatic rings. The van der Waals surface area contributed by atoms with Crippen molar-refractivity contribution in [3.05, 3.63) is 47.4 Å². The molecule has 2 saturated heterocycles. The van der Waals surface area contributed by atoms with Crippen molar-refractivity contribution < 1.29 is 46.9 Å². The Labute approximate surface area is 328 Å². The van der Waals surface area contributed by atoms with Crippen LogP contribution < -0.4 is 20.1 Å². The van der Waals surface area contributed by atoms with Gasteiger partial charge in [0, 0.05) is 18.7 Å². The fraction of sp³-hybridized carbons (Fsp3) is 0.538. The van der Waals surface area contributed by atoms with Gasteiger partial charge in [-0.05, 0) is 54.6 Å². The molecule has 5 heterocycles. The first-order valence-electron chi connectivity index (χ1n) is 18.8. The molecule has 0 bridgehead atoms. The molecule has 0 aliphatic carbocycles. The van der Waals surface area contributed by atoms with Crippen LogP contribution in [0.2, 0.25) is 0 Å². The summed E-state index contributed by atoms with van der Waals surface area (Å²) in [5, 5.41) is 5.26. The monoisotopic (exact) mass is 794 g/mol. The van der Waals surface area contributed by atoms with Crippen LogP contribution in [0.25, 0.3) is 11.3 Å². The lowest BCUT2D eigenvalue weighted by molar-refractivity contribution is -0.286. The number of fused-ring (bicyclic) bond motifs is 1. The van der Waals surface area contributed by atoms with Gasteiger partial charge in [-0.2, -0.15) is 0 Å². The van der Waals surface area contributed by atoms with E-state index in [1.165, 1.54) is 32.7 Å². The van der Waals surface area contributed by atoms with Crippen LogP contribution in [-0.4, -0.2) is 99.4 Å². The number of alkyl halides is 2. The molecular weight excluding hydrogens is 746 g/mol. The quantitative estimate of drug-likeness (QED) is 0.212. The van der Waals surface area contributed by atoms with Crippen molar-refractivity contribution in [2.75, 3.05) is 27.3 Å². The number of ether oxygens (including phenoxy) is 4. The molecule has 57 heavy (non-hydrogen) atoms. The molecule has 0 spiro atoms. The third-order valence-corrected chi connectivity index (χ3v) is 10.4. The van der Waals surface area contributed by atoms with Gasteiger partial charge in [0.2, 0.25) is 11.8 Å². The molecule has 1 aromatic carbocycles. The fourth-order valence-corrected chi connectivity index (χ4v) is 7.53. The number of amides is 4. The van der Waals surface area contributed by atoms with E-state index >= 15 is 0 Å². The molecule has 306 valence electrons. The van der Waals surface area contributed by atoms with Crippen LogP contribution in [0.4, 0.5) is 18.4 Å². The number of halogens is 2. The van der Waals surface area contributed by atoms with E-state index in [9.17, 15) is 28.0 Å². The number of imidazole rings is 2. The van der Waals surface area contributed by atoms with Gasteiger partial charge in [0.25, 0.3) is 0 Å². The molecule has 6 atom stereocenters. The van der Waals surface area contributed by atoms with Crippen LogP contribution in [0.3, 0.4) is 0 Å². The van der Waals surface area contributed by atoms with E-state index in [0.717, 1.165) is 0 Å². The maximum Gasteiger partial charge on any atom is 0.586 e. The predicted octanol–water partition coefficient (Wildman–Crippen LogP) is 5.10. The minimum Gasteiger partial charge on any atom is -0.453 e. The molecular formula is C39H48F2N8O8. The number of hydrogen-bond acceptors (Lipinski definition) is 10. The maximum absolute atomic E-state index is 14.7. The zero-order chi connectivity index (χ0) is 41.3. The standard InChI is InChI=1S/C39H48F2N8O8/c1-19(2)29(46-37(52)54-7)35(50)48-17-21(5)13-27(48)33-42-15-24(44-33)11-9-23-10-12-25(32-31(23)56-39(40,41)57-32)26-16-43-34(45-26)28-14-22(6)18-49(28)36(51)30(20(3)4)47-38(53)55-8/h10,12,15-16,19-22,27-30H,13-14,17-18H2,1-8H3,(H,42,44)(H,43,45)(H,46,52)(H,47,53). The summed E-state index contributed by atoms with van der Waals surface area (Å²) in [6.45, 7) is 12.2. The molecule has 4 N–H and O–H groups in total. The van der Waals surface area contributed by atoms with Crippen molar-refractivity contribution in [2.45, 2.75) is 84.8 Å². The largest absolute Gasteiger partial charge is 0.586 e. The van der Waals surface area contributed by atoms with Crippen LogP contribution in [0, 0.1) is 35.5 Å². The van der Waals surface area contributed by atoms with E-state index in [2.05, 4.69) is 42.4 Å². The van der Waals surface area contributed by atoms with Gasteiger partial charge in [0.15, 0.2) is 11.5 Å². The highest BCUT2D eigenvalue weighted by Gasteiger charge is 2.47. The van der Waals surface area contributed by atoms with E-state index in [1.807, 2.05) is 41.5 Å². The lowest BCUT2D eigenvalue weighted by Crippen LogP contribution is -2.51. The number of hydrogen-bond donors (Lipinski definition) is 4. The number of nitrogens with one attached hydrogen (secondary N) is 4. The zero-order valence-corrected chi connectivity index (χ0v) is 33.1. The average molecular weight is 795 g/mol. The molecule has 6 unspecified atom stereocenters. The minimum absolute atomic E-state index is 0.123. The van der Waals surface area contributed by atoms with Gasteiger partial charge < -0.3 is 49.3 Å². The topological polar surface area (TPSA) is 193 Å². The summed E-state index contributed by atoms with van der Waals surface area (Å²) >= 11 is 0. The molecule has 2 aromatic heterocycles. The Morgan fingerprint density at radius 1 is 0.807 bits per heavy atom. The third kappa shape index (κ3) is 8.61. The van der Waals surface area contributed by atoms with Crippen molar-refractivity contribution in [3.63, 3.8) is 0 Å². The number of carbonyl (C=O) groups is 4. The van der Waals surface area contributed by atoms with E-state index in [1.54, 1.807) is 15.9 Å². The molecule has 3 aromatic rings. The Balaban J connectivity index is 1.24.